The van der Waals surface area contributed by atoms with E-state index in [1.54, 1.807) is 0 Å². The van der Waals surface area contributed by atoms with Crippen LogP contribution in [0.2, 0.25) is 5.02 Å². The molecule has 2 nitrogen and oxygen atoms in total. The quantitative estimate of drug-likeness (QED) is 0.875. The van der Waals surface area contributed by atoms with Crippen LogP contribution in [0.15, 0.2) is 18.2 Å². The van der Waals surface area contributed by atoms with Crippen LogP contribution >= 0.6 is 11.6 Å². The average molecular weight is 253 g/mol. The van der Waals surface area contributed by atoms with Crippen molar-refractivity contribution in [3.63, 3.8) is 0 Å². The molecule has 1 heterocycles. The number of piperidine rings is 1. The van der Waals surface area contributed by atoms with Gasteiger partial charge in [0.15, 0.2) is 0 Å². The van der Waals surface area contributed by atoms with E-state index in [9.17, 15) is 0 Å². The third-order valence-corrected chi connectivity index (χ3v) is 3.78. The summed E-state index contributed by atoms with van der Waals surface area (Å²) in [6, 6.07) is 6.01. The van der Waals surface area contributed by atoms with Crippen molar-refractivity contribution in [3.05, 3.63) is 28.8 Å². The maximum Gasteiger partial charge on any atom is 0.0642 e. The van der Waals surface area contributed by atoms with Crippen molar-refractivity contribution in [2.45, 2.75) is 26.8 Å². The summed E-state index contributed by atoms with van der Waals surface area (Å²) in [5.41, 5.74) is 8.11. The molecule has 1 aromatic rings. The number of rotatable bonds is 2. The van der Waals surface area contributed by atoms with E-state index in [1.807, 2.05) is 12.1 Å². The maximum atomic E-state index is 6.34. The highest BCUT2D eigenvalue weighted by molar-refractivity contribution is 6.33. The molecule has 0 amide bonds. The van der Waals surface area contributed by atoms with E-state index in [0.29, 0.717) is 6.54 Å². The zero-order chi connectivity index (χ0) is 12.4. The summed E-state index contributed by atoms with van der Waals surface area (Å²) in [6.45, 7) is 7.33. The van der Waals surface area contributed by atoms with Gasteiger partial charge in [0.05, 0.1) is 10.7 Å². The lowest BCUT2D eigenvalue weighted by Crippen LogP contribution is -2.39. The van der Waals surface area contributed by atoms with E-state index in [4.69, 9.17) is 17.3 Å². The minimum Gasteiger partial charge on any atom is -0.370 e. The molecule has 2 unspecified atom stereocenters. The van der Waals surface area contributed by atoms with Crippen molar-refractivity contribution in [1.29, 1.82) is 0 Å². The Bertz CT molecular complexity index is 382. The average Bonchev–Trinajstić information content (AvgIpc) is 2.27. The molecule has 17 heavy (non-hydrogen) atoms. The predicted octanol–water partition coefficient (Wildman–Crippen LogP) is 3.28. The summed E-state index contributed by atoms with van der Waals surface area (Å²) >= 11 is 6.34. The zero-order valence-corrected chi connectivity index (χ0v) is 11.4. The van der Waals surface area contributed by atoms with Crippen LogP contribution in [0, 0.1) is 11.8 Å². The summed E-state index contributed by atoms with van der Waals surface area (Å²) < 4.78 is 0. The van der Waals surface area contributed by atoms with Crippen LogP contribution in [0.25, 0.3) is 0 Å². The molecule has 0 spiro atoms. The molecule has 1 saturated heterocycles. The van der Waals surface area contributed by atoms with E-state index in [-0.39, 0.29) is 0 Å². The lowest BCUT2D eigenvalue weighted by molar-refractivity contribution is 0.356. The van der Waals surface area contributed by atoms with E-state index < -0.39 is 0 Å². The van der Waals surface area contributed by atoms with Gasteiger partial charge in [-0.25, -0.2) is 0 Å². The monoisotopic (exact) mass is 252 g/mol. The predicted molar refractivity (Wildman–Crippen MR) is 74.5 cm³/mol. The molecule has 3 heteroatoms. The molecular weight excluding hydrogens is 232 g/mol. The van der Waals surface area contributed by atoms with Crippen LogP contribution < -0.4 is 10.6 Å². The van der Waals surface area contributed by atoms with Crippen LogP contribution in [0.3, 0.4) is 0 Å². The maximum absolute atomic E-state index is 6.34. The Morgan fingerprint density at radius 1 is 1.29 bits per heavy atom. The van der Waals surface area contributed by atoms with Gasteiger partial charge in [-0.1, -0.05) is 37.6 Å². The SMILES string of the molecule is CC1CC(C)CN(c2c(Cl)cccc2CN)C1. The number of nitrogens with zero attached hydrogens (tertiary/aromatic N) is 1. The third-order valence-electron chi connectivity index (χ3n) is 3.48. The second kappa shape index (κ2) is 5.28. The molecule has 2 rings (SSSR count). The fourth-order valence-electron chi connectivity index (χ4n) is 2.92. The summed E-state index contributed by atoms with van der Waals surface area (Å²) in [6.07, 6.45) is 1.30. The number of halogens is 1. The lowest BCUT2D eigenvalue weighted by atomic mass is 9.91. The van der Waals surface area contributed by atoms with Gasteiger partial charge in [0.25, 0.3) is 0 Å². The van der Waals surface area contributed by atoms with Gasteiger partial charge in [0.1, 0.15) is 0 Å². The second-order valence-corrected chi connectivity index (χ2v) is 5.71. The topological polar surface area (TPSA) is 29.3 Å². The Morgan fingerprint density at radius 3 is 2.53 bits per heavy atom. The molecule has 1 aliphatic rings. The Morgan fingerprint density at radius 2 is 1.94 bits per heavy atom. The molecular formula is C14H21ClN2. The van der Waals surface area contributed by atoms with Crippen molar-refractivity contribution in [3.8, 4) is 0 Å². The molecule has 1 aliphatic heterocycles. The molecule has 0 aliphatic carbocycles. The Hall–Kier alpha value is -0.730. The van der Waals surface area contributed by atoms with Crippen molar-refractivity contribution >= 4 is 17.3 Å². The van der Waals surface area contributed by atoms with Crippen LogP contribution in [0.5, 0.6) is 0 Å². The Labute approximate surface area is 109 Å². The van der Waals surface area contributed by atoms with E-state index >= 15 is 0 Å². The van der Waals surface area contributed by atoms with Gasteiger partial charge >= 0.3 is 0 Å². The van der Waals surface area contributed by atoms with Gasteiger partial charge in [-0.3, -0.25) is 0 Å². The fourth-order valence-corrected chi connectivity index (χ4v) is 3.24. The number of nitrogens with two attached hydrogens (primary N) is 1. The first-order chi connectivity index (χ1) is 8.11. The fraction of sp³-hybridized carbons (Fsp3) is 0.571. The van der Waals surface area contributed by atoms with Crippen LogP contribution in [0.1, 0.15) is 25.8 Å². The molecule has 1 fully saturated rings. The van der Waals surface area contributed by atoms with Crippen LogP contribution in [0.4, 0.5) is 5.69 Å². The normalized spacial score (nSPS) is 25.1. The number of anilines is 1. The van der Waals surface area contributed by atoms with Crippen molar-refractivity contribution < 1.29 is 0 Å². The molecule has 1 aromatic carbocycles. The molecule has 94 valence electrons. The van der Waals surface area contributed by atoms with Crippen molar-refractivity contribution in [2.75, 3.05) is 18.0 Å². The highest BCUT2D eigenvalue weighted by Crippen LogP contribution is 2.34. The largest absolute Gasteiger partial charge is 0.370 e. The second-order valence-electron chi connectivity index (χ2n) is 5.30. The highest BCUT2D eigenvalue weighted by Gasteiger charge is 2.24. The molecule has 0 saturated carbocycles. The summed E-state index contributed by atoms with van der Waals surface area (Å²) in [5, 5.41) is 0.828. The molecule has 2 atom stereocenters. The first kappa shape index (κ1) is 12.7. The summed E-state index contributed by atoms with van der Waals surface area (Å²) in [7, 11) is 0. The molecule has 0 radical (unpaired) electrons. The van der Waals surface area contributed by atoms with Crippen LogP contribution in [-0.4, -0.2) is 13.1 Å². The lowest BCUT2D eigenvalue weighted by Gasteiger charge is -2.38. The van der Waals surface area contributed by atoms with Gasteiger partial charge in [0.2, 0.25) is 0 Å². The van der Waals surface area contributed by atoms with E-state index in [0.717, 1.165) is 41.2 Å². The molecule has 0 bridgehead atoms. The molecule has 2 N–H and O–H groups in total. The van der Waals surface area contributed by atoms with Gasteiger partial charge in [0, 0.05) is 19.6 Å². The number of hydrogen-bond donors (Lipinski definition) is 1. The minimum absolute atomic E-state index is 0.551. The van der Waals surface area contributed by atoms with Crippen LogP contribution in [-0.2, 0) is 6.54 Å². The third kappa shape index (κ3) is 2.75. The first-order valence-corrected chi connectivity index (χ1v) is 6.72. The number of benzene rings is 1. The number of para-hydroxylation sites is 1. The summed E-state index contributed by atoms with van der Waals surface area (Å²) in [4.78, 5) is 2.41. The van der Waals surface area contributed by atoms with Gasteiger partial charge in [-0.2, -0.15) is 0 Å². The number of hydrogen-bond acceptors (Lipinski definition) is 2. The van der Waals surface area contributed by atoms with E-state index in [1.165, 1.54) is 6.42 Å². The zero-order valence-electron chi connectivity index (χ0n) is 10.6. The smallest absolute Gasteiger partial charge is 0.0642 e. The van der Waals surface area contributed by atoms with Gasteiger partial charge in [-0.15, -0.1) is 0 Å². The van der Waals surface area contributed by atoms with Crippen molar-refractivity contribution in [1.82, 2.24) is 0 Å². The van der Waals surface area contributed by atoms with Gasteiger partial charge < -0.3 is 10.6 Å². The van der Waals surface area contributed by atoms with E-state index in [2.05, 4.69) is 24.8 Å². The molecule has 0 aromatic heterocycles. The Kier molecular flexibility index (Phi) is 3.95. The highest BCUT2D eigenvalue weighted by atomic mass is 35.5. The summed E-state index contributed by atoms with van der Waals surface area (Å²) in [5.74, 6) is 1.45. The minimum atomic E-state index is 0.551. The van der Waals surface area contributed by atoms with Gasteiger partial charge in [-0.05, 0) is 29.9 Å². The first-order valence-electron chi connectivity index (χ1n) is 6.34. The standard InChI is InChI=1S/C14H21ClN2/c1-10-6-11(2)9-17(8-10)14-12(7-16)4-3-5-13(14)15/h3-5,10-11H,6-9,16H2,1-2H3. The van der Waals surface area contributed by atoms with Crippen molar-refractivity contribution in [2.24, 2.45) is 17.6 Å². The Balaban J connectivity index is 2.32.